The van der Waals surface area contributed by atoms with Crippen LogP contribution in [0.25, 0.3) is 0 Å². The quantitative estimate of drug-likeness (QED) is 0.810. The van der Waals surface area contributed by atoms with Gasteiger partial charge in [0.15, 0.2) is 5.78 Å². The lowest BCUT2D eigenvalue weighted by molar-refractivity contribution is -0.143. The van der Waals surface area contributed by atoms with E-state index in [2.05, 4.69) is 6.92 Å². The Morgan fingerprint density at radius 1 is 1.18 bits per heavy atom. The minimum absolute atomic E-state index is 0.244. The zero-order valence-electron chi connectivity index (χ0n) is 13.4. The number of Topliss-reactive ketones (excluding diaryl/α,β-unsaturated/α-hetero) is 1. The lowest BCUT2D eigenvalue weighted by Gasteiger charge is -2.54. The Morgan fingerprint density at radius 2 is 2.00 bits per heavy atom. The van der Waals surface area contributed by atoms with Crippen molar-refractivity contribution in [2.75, 3.05) is 0 Å². The molecule has 3 saturated carbocycles. The Hall–Kier alpha value is -0.960. The van der Waals surface area contributed by atoms with Gasteiger partial charge in [0.2, 0.25) is 0 Å². The Morgan fingerprint density at radius 3 is 2.77 bits per heavy atom. The van der Waals surface area contributed by atoms with Gasteiger partial charge in [-0.2, -0.15) is 0 Å². The Labute approximate surface area is 132 Å². The number of hydrogen-bond acceptors (Lipinski definition) is 3. The van der Waals surface area contributed by atoms with Gasteiger partial charge < -0.3 is 5.11 Å². The maximum absolute atomic E-state index is 12.5. The summed E-state index contributed by atoms with van der Waals surface area (Å²) in [5.74, 6) is 2.27. The predicted octanol–water partition coefficient (Wildman–Crippen LogP) is 3.06. The summed E-state index contributed by atoms with van der Waals surface area (Å²) in [6.45, 7) is 2.12. The Bertz CT molecular complexity index is 549. The molecule has 0 spiro atoms. The van der Waals surface area contributed by atoms with E-state index in [1.807, 2.05) is 6.08 Å². The van der Waals surface area contributed by atoms with Crippen LogP contribution in [-0.2, 0) is 9.59 Å². The van der Waals surface area contributed by atoms with Gasteiger partial charge in [0.25, 0.3) is 0 Å². The van der Waals surface area contributed by atoms with E-state index in [0.29, 0.717) is 42.8 Å². The van der Waals surface area contributed by atoms with Crippen LogP contribution >= 0.6 is 0 Å². The van der Waals surface area contributed by atoms with Crippen molar-refractivity contribution in [3.05, 3.63) is 11.6 Å². The molecule has 6 atom stereocenters. The average molecular weight is 302 g/mol. The number of carbonyl (C=O) groups excluding carboxylic acids is 2. The molecule has 1 unspecified atom stereocenters. The van der Waals surface area contributed by atoms with Crippen molar-refractivity contribution >= 4 is 11.6 Å². The van der Waals surface area contributed by atoms with E-state index in [9.17, 15) is 14.7 Å². The van der Waals surface area contributed by atoms with Gasteiger partial charge in [-0.15, -0.1) is 0 Å². The number of hydrogen-bond donors (Lipinski definition) is 1. The van der Waals surface area contributed by atoms with Gasteiger partial charge in [0, 0.05) is 18.3 Å². The molecule has 3 fully saturated rings. The third-order valence-corrected chi connectivity index (χ3v) is 7.36. The second-order valence-electron chi connectivity index (χ2n) is 7.96. The highest BCUT2D eigenvalue weighted by molar-refractivity contribution is 5.91. The molecule has 4 aliphatic rings. The molecule has 0 bridgehead atoms. The van der Waals surface area contributed by atoms with Crippen molar-refractivity contribution in [1.29, 1.82) is 0 Å². The molecule has 0 amide bonds. The first-order valence-corrected chi connectivity index (χ1v) is 9.01. The first-order chi connectivity index (χ1) is 10.6. The third kappa shape index (κ3) is 1.84. The number of allylic oxidation sites excluding steroid dienone is 1. The lowest BCUT2D eigenvalue weighted by atomic mass is 9.50. The molecule has 0 aromatic rings. The van der Waals surface area contributed by atoms with Crippen LogP contribution in [0, 0.1) is 29.1 Å². The summed E-state index contributed by atoms with van der Waals surface area (Å²) in [5, 5.41) is 10.9. The molecule has 0 aromatic carbocycles. The fourth-order valence-corrected chi connectivity index (χ4v) is 6.43. The SMILES string of the molecule is CC[C@]12C[C@@H](O)[C@@H]3C4CCC(=O)C=C4CC[C@H]3[C@@H]1CCC2=O. The molecule has 4 rings (SSSR count). The van der Waals surface area contributed by atoms with Gasteiger partial charge in [-0.05, 0) is 68.3 Å². The van der Waals surface area contributed by atoms with Crippen LogP contribution < -0.4 is 0 Å². The van der Waals surface area contributed by atoms with Crippen LogP contribution in [0.3, 0.4) is 0 Å². The molecule has 4 aliphatic carbocycles. The second-order valence-corrected chi connectivity index (χ2v) is 7.96. The zero-order chi connectivity index (χ0) is 15.5. The molecule has 0 saturated heterocycles. The van der Waals surface area contributed by atoms with E-state index in [-0.39, 0.29) is 23.2 Å². The van der Waals surface area contributed by atoms with Crippen molar-refractivity contribution in [2.45, 2.75) is 64.4 Å². The summed E-state index contributed by atoms with van der Waals surface area (Å²) < 4.78 is 0. The second kappa shape index (κ2) is 5.02. The van der Waals surface area contributed by atoms with Crippen LogP contribution in [0.5, 0.6) is 0 Å². The fraction of sp³-hybridized carbons (Fsp3) is 0.789. The van der Waals surface area contributed by atoms with E-state index in [1.165, 1.54) is 5.57 Å². The highest BCUT2D eigenvalue weighted by atomic mass is 16.3. The maximum atomic E-state index is 12.5. The van der Waals surface area contributed by atoms with Crippen molar-refractivity contribution in [1.82, 2.24) is 0 Å². The molecule has 0 radical (unpaired) electrons. The number of aliphatic hydroxyl groups is 1. The molecular formula is C19H26O3. The van der Waals surface area contributed by atoms with E-state index < -0.39 is 0 Å². The Balaban J connectivity index is 1.70. The van der Waals surface area contributed by atoms with Gasteiger partial charge in [-0.3, -0.25) is 9.59 Å². The fourth-order valence-electron chi connectivity index (χ4n) is 6.43. The highest BCUT2D eigenvalue weighted by Gasteiger charge is 2.60. The van der Waals surface area contributed by atoms with E-state index in [1.54, 1.807) is 0 Å². The van der Waals surface area contributed by atoms with Gasteiger partial charge in [0.1, 0.15) is 5.78 Å². The number of aliphatic hydroxyl groups excluding tert-OH is 1. The van der Waals surface area contributed by atoms with E-state index in [0.717, 1.165) is 32.1 Å². The largest absolute Gasteiger partial charge is 0.393 e. The number of carbonyl (C=O) groups is 2. The summed E-state index contributed by atoms with van der Waals surface area (Å²) in [4.78, 5) is 24.2. The van der Waals surface area contributed by atoms with Crippen LogP contribution in [0.4, 0.5) is 0 Å². The van der Waals surface area contributed by atoms with Crippen molar-refractivity contribution in [3.63, 3.8) is 0 Å². The molecule has 1 N–H and O–H groups in total. The standard InChI is InChI=1S/C19H26O3/c1-2-19-10-16(21)18-13-6-4-12(20)9-11(13)3-5-14(18)15(19)7-8-17(19)22/h9,13-16,18,21H,2-8,10H2,1H3/t13?,14-,15-,16+,18+,19-/m0/s1. The predicted molar refractivity (Wildman–Crippen MR) is 83.1 cm³/mol. The minimum atomic E-state index is -0.370. The molecular weight excluding hydrogens is 276 g/mol. The molecule has 0 aliphatic heterocycles. The van der Waals surface area contributed by atoms with Crippen molar-refractivity contribution in [2.24, 2.45) is 29.1 Å². The van der Waals surface area contributed by atoms with Crippen LogP contribution in [0.2, 0.25) is 0 Å². The topological polar surface area (TPSA) is 54.4 Å². The van der Waals surface area contributed by atoms with Gasteiger partial charge in [-0.1, -0.05) is 12.5 Å². The van der Waals surface area contributed by atoms with E-state index >= 15 is 0 Å². The van der Waals surface area contributed by atoms with Crippen molar-refractivity contribution < 1.29 is 14.7 Å². The van der Waals surface area contributed by atoms with E-state index in [4.69, 9.17) is 0 Å². The minimum Gasteiger partial charge on any atom is -0.393 e. The first-order valence-electron chi connectivity index (χ1n) is 9.01. The van der Waals surface area contributed by atoms with Crippen LogP contribution in [-0.4, -0.2) is 22.8 Å². The summed E-state index contributed by atoms with van der Waals surface area (Å²) >= 11 is 0. The van der Waals surface area contributed by atoms with Gasteiger partial charge in [-0.25, -0.2) is 0 Å². The summed E-state index contributed by atoms with van der Waals surface area (Å²) in [6.07, 6.45) is 8.34. The van der Waals surface area contributed by atoms with Gasteiger partial charge >= 0.3 is 0 Å². The molecule has 0 aromatic heterocycles. The van der Waals surface area contributed by atoms with Crippen molar-refractivity contribution in [3.8, 4) is 0 Å². The maximum Gasteiger partial charge on any atom is 0.155 e. The average Bonchev–Trinajstić information content (AvgIpc) is 2.84. The van der Waals surface area contributed by atoms with Gasteiger partial charge in [0.05, 0.1) is 6.10 Å². The Kier molecular flexibility index (Phi) is 3.34. The lowest BCUT2D eigenvalue weighted by Crippen LogP contribution is -2.54. The molecule has 3 heteroatoms. The van der Waals surface area contributed by atoms with Crippen LogP contribution in [0.15, 0.2) is 11.6 Å². The third-order valence-electron chi connectivity index (χ3n) is 7.36. The zero-order valence-corrected chi connectivity index (χ0v) is 13.4. The summed E-state index contributed by atoms with van der Waals surface area (Å²) in [6, 6.07) is 0. The normalized spacial score (nSPS) is 47.5. The highest BCUT2D eigenvalue weighted by Crippen LogP contribution is 2.61. The number of rotatable bonds is 1. The molecule has 3 nitrogen and oxygen atoms in total. The number of ketones is 2. The summed E-state index contributed by atoms with van der Waals surface area (Å²) in [5.41, 5.74) is 1.04. The number of fused-ring (bicyclic) bond motifs is 5. The molecule has 0 heterocycles. The summed E-state index contributed by atoms with van der Waals surface area (Å²) in [7, 11) is 0. The molecule has 22 heavy (non-hydrogen) atoms. The first kappa shape index (κ1) is 14.6. The smallest absolute Gasteiger partial charge is 0.155 e. The van der Waals surface area contributed by atoms with Crippen LogP contribution in [0.1, 0.15) is 58.3 Å². The molecule has 120 valence electrons. The monoisotopic (exact) mass is 302 g/mol.